The number of rotatable bonds is 2. The summed E-state index contributed by atoms with van der Waals surface area (Å²) in [5, 5.41) is 9.55. The molecule has 0 bridgehead atoms. The molecule has 1 N–H and O–H groups in total. The van der Waals surface area contributed by atoms with Gasteiger partial charge in [-0.3, -0.25) is 4.79 Å². The normalized spacial score (nSPS) is 44.9. The van der Waals surface area contributed by atoms with Crippen LogP contribution in [0.15, 0.2) is 0 Å². The van der Waals surface area contributed by atoms with Crippen molar-refractivity contribution in [3.05, 3.63) is 0 Å². The van der Waals surface area contributed by atoms with Crippen LogP contribution >= 0.6 is 0 Å². The van der Waals surface area contributed by atoms with Crippen LogP contribution in [0.5, 0.6) is 0 Å². The number of carboxylic acids is 1. The summed E-state index contributed by atoms with van der Waals surface area (Å²) >= 11 is 0. The van der Waals surface area contributed by atoms with Gasteiger partial charge in [0.1, 0.15) is 6.04 Å². The second-order valence-electron chi connectivity index (χ2n) is 7.59. The van der Waals surface area contributed by atoms with Crippen LogP contribution in [-0.4, -0.2) is 34.0 Å². The molecular formula is C17H25NO3. The number of aliphatic carboxylic acids is 1. The number of carbonyl (C=O) groups excluding carboxylic acids is 1. The Kier molecular flexibility index (Phi) is 3.23. The fourth-order valence-electron chi connectivity index (χ4n) is 5.53. The molecule has 4 rings (SSSR count). The van der Waals surface area contributed by atoms with Crippen LogP contribution in [0.2, 0.25) is 0 Å². The molecule has 21 heavy (non-hydrogen) atoms. The van der Waals surface area contributed by atoms with Gasteiger partial charge in [-0.1, -0.05) is 25.7 Å². The van der Waals surface area contributed by atoms with E-state index in [4.69, 9.17) is 0 Å². The van der Waals surface area contributed by atoms with E-state index in [0.717, 1.165) is 19.3 Å². The quantitative estimate of drug-likeness (QED) is 0.851. The molecule has 4 nitrogen and oxygen atoms in total. The average Bonchev–Trinajstić information content (AvgIpc) is 3.09. The zero-order chi connectivity index (χ0) is 14.6. The fraction of sp³-hybridized carbons (Fsp3) is 0.882. The van der Waals surface area contributed by atoms with E-state index in [2.05, 4.69) is 0 Å². The Morgan fingerprint density at radius 3 is 2.19 bits per heavy atom. The standard InChI is InChI=1S/C17H25NO3/c19-16(15-11-6-2-3-7-12(11)15)18-13-8-4-1-5-10(13)9-14(18)17(20)21/h10-15H,1-9H2,(H,20,21). The van der Waals surface area contributed by atoms with Gasteiger partial charge in [0.25, 0.3) is 0 Å². The zero-order valence-electron chi connectivity index (χ0n) is 12.5. The summed E-state index contributed by atoms with van der Waals surface area (Å²) in [5.74, 6) is 1.14. The lowest BCUT2D eigenvalue weighted by Gasteiger charge is -2.33. The Bertz CT molecular complexity index is 451. The maximum Gasteiger partial charge on any atom is 0.326 e. The monoisotopic (exact) mass is 291 g/mol. The van der Waals surface area contributed by atoms with Crippen molar-refractivity contribution < 1.29 is 14.7 Å². The van der Waals surface area contributed by atoms with Crippen molar-refractivity contribution in [1.29, 1.82) is 0 Å². The highest BCUT2D eigenvalue weighted by molar-refractivity contribution is 5.88. The third kappa shape index (κ3) is 2.09. The molecule has 1 aliphatic heterocycles. The van der Waals surface area contributed by atoms with Crippen LogP contribution in [0.25, 0.3) is 0 Å². The van der Waals surface area contributed by atoms with Gasteiger partial charge in [0.2, 0.25) is 5.91 Å². The predicted molar refractivity (Wildman–Crippen MR) is 77.6 cm³/mol. The van der Waals surface area contributed by atoms with Crippen LogP contribution in [-0.2, 0) is 9.59 Å². The Morgan fingerprint density at radius 2 is 1.52 bits per heavy atom. The molecule has 1 saturated heterocycles. The molecule has 1 heterocycles. The zero-order valence-corrected chi connectivity index (χ0v) is 12.5. The van der Waals surface area contributed by atoms with Gasteiger partial charge in [-0.25, -0.2) is 4.79 Å². The lowest BCUT2D eigenvalue weighted by Crippen LogP contribution is -2.47. The first-order valence-electron chi connectivity index (χ1n) is 8.73. The summed E-state index contributed by atoms with van der Waals surface area (Å²) < 4.78 is 0. The number of nitrogens with zero attached hydrogens (tertiary/aromatic N) is 1. The molecule has 0 aromatic heterocycles. The topological polar surface area (TPSA) is 57.6 Å². The van der Waals surface area contributed by atoms with Crippen LogP contribution in [0.4, 0.5) is 0 Å². The van der Waals surface area contributed by atoms with Gasteiger partial charge in [0.05, 0.1) is 0 Å². The van der Waals surface area contributed by atoms with Gasteiger partial charge in [-0.15, -0.1) is 0 Å². The van der Waals surface area contributed by atoms with Gasteiger partial charge in [-0.05, 0) is 49.9 Å². The summed E-state index contributed by atoms with van der Waals surface area (Å²) in [6, 6.07) is -0.330. The van der Waals surface area contributed by atoms with Crippen molar-refractivity contribution in [1.82, 2.24) is 4.90 Å². The van der Waals surface area contributed by atoms with Crippen molar-refractivity contribution in [3.63, 3.8) is 0 Å². The minimum atomic E-state index is -0.790. The first-order chi connectivity index (χ1) is 10.2. The summed E-state index contributed by atoms with van der Waals surface area (Å²) in [5.41, 5.74) is 0. The molecule has 3 saturated carbocycles. The van der Waals surface area contributed by atoms with Crippen LogP contribution in [0, 0.1) is 23.7 Å². The molecule has 0 aromatic rings. The first kappa shape index (κ1) is 13.6. The lowest BCUT2D eigenvalue weighted by atomic mass is 9.84. The Morgan fingerprint density at radius 1 is 0.905 bits per heavy atom. The van der Waals surface area contributed by atoms with E-state index in [1.54, 1.807) is 0 Å². The molecule has 4 fully saturated rings. The minimum Gasteiger partial charge on any atom is -0.480 e. The van der Waals surface area contributed by atoms with Crippen molar-refractivity contribution in [2.45, 2.75) is 69.9 Å². The van der Waals surface area contributed by atoms with Gasteiger partial charge in [0, 0.05) is 12.0 Å². The van der Waals surface area contributed by atoms with E-state index in [1.165, 1.54) is 32.1 Å². The summed E-state index contributed by atoms with van der Waals surface area (Å²) in [6.07, 6.45) is 10.0. The van der Waals surface area contributed by atoms with E-state index in [0.29, 0.717) is 24.2 Å². The number of hydrogen-bond acceptors (Lipinski definition) is 2. The van der Waals surface area contributed by atoms with Crippen molar-refractivity contribution in [2.24, 2.45) is 23.7 Å². The second kappa shape index (κ2) is 4.99. The van der Waals surface area contributed by atoms with Gasteiger partial charge < -0.3 is 10.0 Å². The maximum atomic E-state index is 13.0. The van der Waals surface area contributed by atoms with E-state index in [-0.39, 0.29) is 17.9 Å². The van der Waals surface area contributed by atoms with Crippen molar-refractivity contribution in [3.8, 4) is 0 Å². The second-order valence-corrected chi connectivity index (χ2v) is 7.59. The van der Waals surface area contributed by atoms with E-state index in [9.17, 15) is 14.7 Å². The molecule has 4 heteroatoms. The number of amides is 1. The highest BCUT2D eigenvalue weighted by Crippen LogP contribution is 2.57. The molecule has 5 atom stereocenters. The predicted octanol–water partition coefficient (Wildman–Crippen LogP) is 2.67. The van der Waals surface area contributed by atoms with Crippen molar-refractivity contribution >= 4 is 11.9 Å². The summed E-state index contributed by atoms with van der Waals surface area (Å²) in [7, 11) is 0. The molecule has 4 aliphatic rings. The number of likely N-dealkylation sites (tertiary alicyclic amines) is 1. The van der Waals surface area contributed by atoms with Gasteiger partial charge in [0.15, 0.2) is 0 Å². The molecule has 116 valence electrons. The lowest BCUT2D eigenvalue weighted by molar-refractivity contribution is -0.150. The van der Waals surface area contributed by atoms with E-state index >= 15 is 0 Å². The highest BCUT2D eigenvalue weighted by atomic mass is 16.4. The van der Waals surface area contributed by atoms with Crippen molar-refractivity contribution in [2.75, 3.05) is 0 Å². The number of carbonyl (C=O) groups is 2. The van der Waals surface area contributed by atoms with Crippen LogP contribution in [0.3, 0.4) is 0 Å². The van der Waals surface area contributed by atoms with Crippen LogP contribution in [0.1, 0.15) is 57.8 Å². The van der Waals surface area contributed by atoms with E-state index in [1.807, 2.05) is 4.90 Å². The molecule has 1 amide bonds. The number of carboxylic acid groups (broad SMARTS) is 1. The smallest absolute Gasteiger partial charge is 0.326 e. The number of hydrogen-bond donors (Lipinski definition) is 1. The molecule has 0 radical (unpaired) electrons. The summed E-state index contributed by atoms with van der Waals surface area (Å²) in [6.45, 7) is 0. The molecule has 3 aliphatic carbocycles. The Labute approximate surface area is 125 Å². The Hall–Kier alpha value is -1.06. The van der Waals surface area contributed by atoms with Gasteiger partial charge >= 0.3 is 5.97 Å². The highest BCUT2D eigenvalue weighted by Gasteiger charge is 2.59. The third-order valence-electron chi connectivity index (χ3n) is 6.57. The fourth-order valence-corrected chi connectivity index (χ4v) is 5.53. The van der Waals surface area contributed by atoms with Gasteiger partial charge in [-0.2, -0.15) is 0 Å². The summed E-state index contributed by atoms with van der Waals surface area (Å²) in [4.78, 5) is 26.5. The maximum absolute atomic E-state index is 13.0. The third-order valence-corrected chi connectivity index (χ3v) is 6.57. The molecule has 5 unspecified atom stereocenters. The largest absolute Gasteiger partial charge is 0.480 e. The molecule has 0 spiro atoms. The van der Waals surface area contributed by atoms with E-state index < -0.39 is 12.0 Å². The first-order valence-corrected chi connectivity index (χ1v) is 8.73. The van der Waals surface area contributed by atoms with Crippen LogP contribution < -0.4 is 0 Å². The molecular weight excluding hydrogens is 266 g/mol. The molecule has 0 aromatic carbocycles. The number of fused-ring (bicyclic) bond motifs is 2. The SMILES string of the molecule is O=C(O)C1CC2CCCCC2N1C(=O)C1C2CCCCC21. The Balaban J connectivity index is 1.55. The average molecular weight is 291 g/mol. The minimum absolute atomic E-state index is 0.162.